The highest BCUT2D eigenvalue weighted by molar-refractivity contribution is 5.91. The normalized spacial score (nSPS) is 14.2. The number of aromatic nitrogens is 2. The fraction of sp³-hybridized carbons (Fsp3) is 0.179. The molecule has 4 aromatic rings. The highest BCUT2D eigenvalue weighted by Gasteiger charge is 2.31. The summed E-state index contributed by atoms with van der Waals surface area (Å²) in [5.41, 5.74) is 2.66. The lowest BCUT2D eigenvalue weighted by Gasteiger charge is -2.30. The van der Waals surface area contributed by atoms with Gasteiger partial charge in [-0.2, -0.15) is 8.78 Å². The molecule has 0 spiro atoms. The summed E-state index contributed by atoms with van der Waals surface area (Å²) in [5.74, 6) is -11.2. The van der Waals surface area contributed by atoms with Crippen molar-refractivity contribution in [1.29, 1.82) is 0 Å². The average Bonchev–Trinajstić information content (AvgIpc) is 3.33. The van der Waals surface area contributed by atoms with Crippen LogP contribution in [0.2, 0.25) is 0 Å². The highest BCUT2D eigenvalue weighted by atomic mass is 19.2. The summed E-state index contributed by atoms with van der Waals surface area (Å²) in [7, 11) is 0. The number of anilines is 1. The molecule has 198 valence electrons. The monoisotopic (exact) mass is 539 g/mol. The number of nitrogens with one attached hydrogen (secondary N) is 1. The number of aryl methyl sites for hydroxylation is 2. The standard InChI is InChI=1S/C28H18F5N3O3/c1-3-10-36(20-9-6-15-11-19-18(12-17(15)20)27(37)35-13(2)34-19)16-7-4-14(5-8-16)28(38)39-26-24(32)22(30)21(29)23(31)25(26)33/h1,4-5,7-8,11-12,20H,6,9-10H2,2H3,(H,34,35,37). The van der Waals surface area contributed by atoms with Gasteiger partial charge in [-0.25, -0.2) is 22.9 Å². The molecule has 1 N–H and O–H groups in total. The SMILES string of the molecule is C#CCN(c1ccc(C(=O)Oc2c(F)c(F)c(F)c(F)c2F)cc1)C1CCc2cc3nc(C)[nH]c(=O)c3cc21. The van der Waals surface area contributed by atoms with E-state index in [0.29, 0.717) is 28.8 Å². The van der Waals surface area contributed by atoms with E-state index >= 15 is 0 Å². The fourth-order valence-electron chi connectivity index (χ4n) is 4.76. The first-order valence-corrected chi connectivity index (χ1v) is 11.7. The minimum atomic E-state index is -2.36. The molecule has 1 aliphatic rings. The summed E-state index contributed by atoms with van der Waals surface area (Å²) in [6.45, 7) is 1.88. The third-order valence-electron chi connectivity index (χ3n) is 6.57. The third-order valence-corrected chi connectivity index (χ3v) is 6.57. The van der Waals surface area contributed by atoms with Crippen molar-refractivity contribution in [3.05, 3.63) is 98.4 Å². The minimum Gasteiger partial charge on any atom is -0.416 e. The molecular weight excluding hydrogens is 521 g/mol. The van der Waals surface area contributed by atoms with Gasteiger partial charge in [0.2, 0.25) is 34.8 Å². The van der Waals surface area contributed by atoms with Gasteiger partial charge in [0.15, 0.2) is 0 Å². The van der Waals surface area contributed by atoms with E-state index in [4.69, 9.17) is 6.42 Å². The zero-order valence-corrected chi connectivity index (χ0v) is 20.2. The van der Waals surface area contributed by atoms with Gasteiger partial charge >= 0.3 is 5.97 Å². The van der Waals surface area contributed by atoms with Gasteiger partial charge in [0.05, 0.1) is 29.1 Å². The molecule has 1 unspecified atom stereocenters. The van der Waals surface area contributed by atoms with Crippen LogP contribution in [0.5, 0.6) is 5.75 Å². The number of fused-ring (bicyclic) bond motifs is 2. The Bertz CT molecular complexity index is 1720. The fourth-order valence-corrected chi connectivity index (χ4v) is 4.76. The molecule has 1 aliphatic carbocycles. The predicted octanol–water partition coefficient (Wildman–Crippen LogP) is 5.27. The number of ether oxygens (including phenoxy) is 1. The number of esters is 1. The van der Waals surface area contributed by atoms with Gasteiger partial charge < -0.3 is 14.6 Å². The molecule has 11 heteroatoms. The molecule has 6 nitrogen and oxygen atoms in total. The van der Waals surface area contributed by atoms with Gasteiger partial charge in [0.1, 0.15) is 5.82 Å². The van der Waals surface area contributed by atoms with Gasteiger partial charge in [0, 0.05) is 5.69 Å². The first-order valence-electron chi connectivity index (χ1n) is 11.7. The average molecular weight is 539 g/mol. The number of carbonyl (C=O) groups is 1. The number of aromatic amines is 1. The molecule has 0 amide bonds. The molecular formula is C28H18F5N3O3. The van der Waals surface area contributed by atoms with Crippen LogP contribution >= 0.6 is 0 Å². The van der Waals surface area contributed by atoms with Crippen LogP contribution in [0.15, 0.2) is 41.2 Å². The Labute approximate surface area is 218 Å². The van der Waals surface area contributed by atoms with E-state index in [1.165, 1.54) is 24.3 Å². The number of halogens is 5. The molecule has 1 aromatic heterocycles. The Morgan fingerprint density at radius 2 is 1.72 bits per heavy atom. The van der Waals surface area contributed by atoms with Gasteiger partial charge in [-0.1, -0.05) is 5.92 Å². The van der Waals surface area contributed by atoms with Gasteiger partial charge in [-0.15, -0.1) is 6.42 Å². The number of hydrogen-bond acceptors (Lipinski definition) is 5. The molecule has 0 bridgehead atoms. The Morgan fingerprint density at radius 1 is 1.08 bits per heavy atom. The zero-order valence-electron chi connectivity index (χ0n) is 20.2. The smallest absolute Gasteiger partial charge is 0.343 e. The molecule has 3 aromatic carbocycles. The van der Waals surface area contributed by atoms with Crippen molar-refractivity contribution in [2.45, 2.75) is 25.8 Å². The number of rotatable bonds is 5. The van der Waals surface area contributed by atoms with E-state index in [0.717, 1.165) is 17.5 Å². The lowest BCUT2D eigenvalue weighted by molar-refractivity contribution is 0.0716. The van der Waals surface area contributed by atoms with Crippen LogP contribution in [0.1, 0.15) is 39.8 Å². The second-order valence-corrected chi connectivity index (χ2v) is 8.94. The molecule has 1 heterocycles. The largest absolute Gasteiger partial charge is 0.416 e. The van der Waals surface area contributed by atoms with Crippen molar-refractivity contribution < 1.29 is 31.5 Å². The van der Waals surface area contributed by atoms with Crippen LogP contribution in [0, 0.1) is 48.4 Å². The van der Waals surface area contributed by atoms with Crippen molar-refractivity contribution in [3.63, 3.8) is 0 Å². The maximum absolute atomic E-state index is 13.9. The van der Waals surface area contributed by atoms with Gasteiger partial charge in [-0.3, -0.25) is 4.79 Å². The number of hydrogen-bond donors (Lipinski definition) is 1. The Morgan fingerprint density at radius 3 is 2.36 bits per heavy atom. The molecule has 0 saturated heterocycles. The first kappa shape index (κ1) is 25.9. The predicted molar refractivity (Wildman–Crippen MR) is 132 cm³/mol. The summed E-state index contributed by atoms with van der Waals surface area (Å²) in [5, 5.41) is 0.443. The van der Waals surface area contributed by atoms with Gasteiger partial charge in [0.25, 0.3) is 5.56 Å². The molecule has 0 fully saturated rings. The van der Waals surface area contributed by atoms with E-state index in [1.807, 2.05) is 11.0 Å². The Kier molecular flexibility index (Phi) is 6.56. The summed E-state index contributed by atoms with van der Waals surface area (Å²) in [6.07, 6.45) is 7.03. The maximum Gasteiger partial charge on any atom is 0.343 e. The van der Waals surface area contributed by atoms with Crippen LogP contribution in [-0.2, 0) is 6.42 Å². The number of nitrogens with zero attached hydrogens (tertiary/aromatic N) is 2. The van der Waals surface area contributed by atoms with E-state index in [9.17, 15) is 31.5 Å². The van der Waals surface area contributed by atoms with Crippen molar-refractivity contribution in [2.24, 2.45) is 0 Å². The number of carbonyl (C=O) groups excluding carboxylic acids is 1. The van der Waals surface area contributed by atoms with E-state index in [2.05, 4.69) is 20.6 Å². The van der Waals surface area contributed by atoms with Crippen LogP contribution in [-0.4, -0.2) is 22.5 Å². The third kappa shape index (κ3) is 4.48. The number of H-pyrrole nitrogens is 1. The van der Waals surface area contributed by atoms with Crippen LogP contribution in [0.4, 0.5) is 27.6 Å². The topological polar surface area (TPSA) is 75.3 Å². The number of terminal acetylenes is 1. The van der Waals surface area contributed by atoms with Crippen molar-refractivity contribution >= 4 is 22.6 Å². The lowest BCUT2D eigenvalue weighted by Crippen LogP contribution is -2.28. The molecule has 5 rings (SSSR count). The quantitative estimate of drug-likeness (QED) is 0.0934. The summed E-state index contributed by atoms with van der Waals surface area (Å²) in [6, 6.07) is 9.08. The molecule has 0 radical (unpaired) electrons. The van der Waals surface area contributed by atoms with E-state index < -0.39 is 40.8 Å². The van der Waals surface area contributed by atoms with Crippen LogP contribution in [0.25, 0.3) is 10.9 Å². The van der Waals surface area contributed by atoms with Crippen molar-refractivity contribution in [2.75, 3.05) is 11.4 Å². The Balaban J connectivity index is 1.44. The first-order chi connectivity index (χ1) is 18.6. The van der Waals surface area contributed by atoms with Crippen LogP contribution < -0.4 is 15.2 Å². The molecule has 0 aliphatic heterocycles. The summed E-state index contributed by atoms with van der Waals surface area (Å²) < 4.78 is 72.5. The maximum atomic E-state index is 13.9. The molecule has 1 atom stereocenters. The Hall–Kier alpha value is -4.72. The van der Waals surface area contributed by atoms with Crippen molar-refractivity contribution in [3.8, 4) is 18.1 Å². The molecule has 0 saturated carbocycles. The lowest BCUT2D eigenvalue weighted by atomic mass is 10.0. The molecule has 39 heavy (non-hydrogen) atoms. The van der Waals surface area contributed by atoms with Gasteiger partial charge in [-0.05, 0) is 67.3 Å². The summed E-state index contributed by atoms with van der Waals surface area (Å²) >= 11 is 0. The number of benzene rings is 3. The van der Waals surface area contributed by atoms with Crippen molar-refractivity contribution in [1.82, 2.24) is 9.97 Å². The van der Waals surface area contributed by atoms with E-state index in [1.54, 1.807) is 13.0 Å². The second kappa shape index (κ2) is 9.87. The summed E-state index contributed by atoms with van der Waals surface area (Å²) in [4.78, 5) is 34.0. The second-order valence-electron chi connectivity index (χ2n) is 8.94. The zero-order chi connectivity index (χ0) is 28.0. The highest BCUT2D eigenvalue weighted by Crippen LogP contribution is 2.39. The van der Waals surface area contributed by atoms with E-state index in [-0.39, 0.29) is 23.7 Å². The minimum absolute atomic E-state index is 0.180. The van der Waals surface area contributed by atoms with Crippen LogP contribution in [0.3, 0.4) is 0 Å².